The van der Waals surface area contributed by atoms with E-state index in [4.69, 9.17) is 16.3 Å². The Bertz CT molecular complexity index is 978. The monoisotopic (exact) mass is 478 g/mol. The second kappa shape index (κ2) is 9.23. The number of amides is 2. The fourth-order valence-corrected chi connectivity index (χ4v) is 3.69. The van der Waals surface area contributed by atoms with Crippen LogP contribution in [0.4, 0.5) is 11.4 Å². The molecule has 144 valence electrons. The number of nitrogens with one attached hydrogen (secondary N) is 2. The number of hydrogen-bond acceptors (Lipinski definition) is 4. The molecule has 0 spiro atoms. The van der Waals surface area contributed by atoms with E-state index < -0.39 is 6.10 Å². The molecule has 3 rings (SSSR count). The van der Waals surface area contributed by atoms with E-state index in [1.807, 2.05) is 11.4 Å². The highest BCUT2D eigenvalue weighted by Gasteiger charge is 2.16. The van der Waals surface area contributed by atoms with E-state index in [0.717, 1.165) is 0 Å². The molecular formula is C20H16BrClN2O3S. The van der Waals surface area contributed by atoms with Gasteiger partial charge in [-0.3, -0.25) is 9.59 Å². The SMILES string of the molecule is CC(Oc1ccc(Cl)cc1Br)C(=O)Nc1ccc(NC(=O)c2cccs2)cc1. The molecule has 28 heavy (non-hydrogen) atoms. The lowest BCUT2D eigenvalue weighted by molar-refractivity contribution is -0.122. The number of rotatable bonds is 6. The van der Waals surface area contributed by atoms with Gasteiger partial charge in [-0.1, -0.05) is 17.7 Å². The Morgan fingerprint density at radius 1 is 1.07 bits per heavy atom. The number of anilines is 2. The Hall–Kier alpha value is -2.35. The highest BCUT2D eigenvalue weighted by atomic mass is 79.9. The smallest absolute Gasteiger partial charge is 0.265 e. The highest BCUT2D eigenvalue weighted by molar-refractivity contribution is 9.10. The van der Waals surface area contributed by atoms with Gasteiger partial charge in [0.2, 0.25) is 0 Å². The minimum atomic E-state index is -0.712. The van der Waals surface area contributed by atoms with E-state index in [-0.39, 0.29) is 11.8 Å². The molecule has 0 aliphatic rings. The van der Waals surface area contributed by atoms with E-state index in [2.05, 4.69) is 26.6 Å². The molecule has 0 aliphatic heterocycles. The van der Waals surface area contributed by atoms with E-state index in [0.29, 0.717) is 31.5 Å². The molecule has 1 aromatic heterocycles. The van der Waals surface area contributed by atoms with Crippen molar-refractivity contribution >= 4 is 62.1 Å². The molecule has 8 heteroatoms. The summed E-state index contributed by atoms with van der Waals surface area (Å²) in [4.78, 5) is 25.1. The summed E-state index contributed by atoms with van der Waals surface area (Å²) in [7, 11) is 0. The maximum absolute atomic E-state index is 12.4. The minimum Gasteiger partial charge on any atom is -0.480 e. The summed E-state index contributed by atoms with van der Waals surface area (Å²) >= 11 is 10.6. The molecule has 2 N–H and O–H groups in total. The molecule has 2 amide bonds. The van der Waals surface area contributed by atoms with Gasteiger partial charge in [0.15, 0.2) is 6.10 Å². The number of carbonyl (C=O) groups is 2. The first-order valence-corrected chi connectivity index (χ1v) is 10.3. The maximum Gasteiger partial charge on any atom is 0.265 e. The van der Waals surface area contributed by atoms with Gasteiger partial charge in [0.1, 0.15) is 5.75 Å². The number of ether oxygens (including phenoxy) is 1. The van der Waals surface area contributed by atoms with Crippen LogP contribution < -0.4 is 15.4 Å². The van der Waals surface area contributed by atoms with Crippen LogP contribution in [0.2, 0.25) is 5.02 Å². The van der Waals surface area contributed by atoms with E-state index in [1.165, 1.54) is 11.3 Å². The van der Waals surface area contributed by atoms with E-state index in [9.17, 15) is 9.59 Å². The topological polar surface area (TPSA) is 67.4 Å². The first-order valence-electron chi connectivity index (χ1n) is 8.30. The van der Waals surface area contributed by atoms with Crippen molar-refractivity contribution in [2.75, 3.05) is 10.6 Å². The zero-order valence-corrected chi connectivity index (χ0v) is 17.9. The van der Waals surface area contributed by atoms with E-state index in [1.54, 1.807) is 55.5 Å². The van der Waals surface area contributed by atoms with Gasteiger partial charge in [0, 0.05) is 16.4 Å². The van der Waals surface area contributed by atoms with Gasteiger partial charge in [0.25, 0.3) is 11.8 Å². The molecule has 1 unspecified atom stereocenters. The van der Waals surface area contributed by atoms with Crippen LogP contribution in [0.15, 0.2) is 64.5 Å². The summed E-state index contributed by atoms with van der Waals surface area (Å²) in [6, 6.07) is 15.5. The Morgan fingerprint density at radius 2 is 1.75 bits per heavy atom. The second-order valence-electron chi connectivity index (χ2n) is 5.83. The average Bonchev–Trinajstić information content (AvgIpc) is 3.20. The Kier molecular flexibility index (Phi) is 6.72. The molecule has 0 bridgehead atoms. The van der Waals surface area contributed by atoms with Crippen LogP contribution in [0, 0.1) is 0 Å². The third kappa shape index (κ3) is 5.34. The molecule has 5 nitrogen and oxygen atoms in total. The van der Waals surface area contributed by atoms with Gasteiger partial charge < -0.3 is 15.4 Å². The Labute approximate surface area is 179 Å². The molecule has 0 fully saturated rings. The van der Waals surface area contributed by atoms with Crippen LogP contribution in [0.25, 0.3) is 0 Å². The molecule has 3 aromatic rings. The molecular weight excluding hydrogens is 464 g/mol. The molecule has 0 saturated carbocycles. The molecule has 0 aliphatic carbocycles. The minimum absolute atomic E-state index is 0.164. The largest absolute Gasteiger partial charge is 0.480 e. The summed E-state index contributed by atoms with van der Waals surface area (Å²) in [6.45, 7) is 1.66. The van der Waals surface area contributed by atoms with Gasteiger partial charge in [-0.05, 0) is 76.8 Å². The molecule has 1 heterocycles. The van der Waals surface area contributed by atoms with Crippen LogP contribution in [-0.2, 0) is 4.79 Å². The summed E-state index contributed by atoms with van der Waals surface area (Å²) in [5, 5.41) is 8.01. The van der Waals surface area contributed by atoms with Crippen LogP contribution in [0.1, 0.15) is 16.6 Å². The summed E-state index contributed by atoms with van der Waals surface area (Å²) in [6.07, 6.45) is -0.712. The van der Waals surface area contributed by atoms with E-state index >= 15 is 0 Å². The van der Waals surface area contributed by atoms with Crippen molar-refractivity contribution < 1.29 is 14.3 Å². The maximum atomic E-state index is 12.4. The molecule has 0 saturated heterocycles. The Balaban J connectivity index is 1.57. The van der Waals surface area contributed by atoms with Crippen molar-refractivity contribution in [2.24, 2.45) is 0 Å². The standard InChI is InChI=1S/C20H16BrClN2O3S/c1-12(27-17-9-4-13(22)11-16(17)21)19(25)23-14-5-7-15(8-6-14)24-20(26)18-3-2-10-28-18/h2-12H,1H3,(H,23,25)(H,24,26). The van der Waals surface area contributed by atoms with Crippen molar-refractivity contribution in [1.82, 2.24) is 0 Å². The number of thiophene rings is 1. The quantitative estimate of drug-likeness (QED) is 0.468. The average molecular weight is 480 g/mol. The zero-order valence-electron chi connectivity index (χ0n) is 14.7. The van der Waals surface area contributed by atoms with Gasteiger partial charge >= 0.3 is 0 Å². The van der Waals surface area contributed by atoms with Crippen molar-refractivity contribution in [3.8, 4) is 5.75 Å². The van der Waals surface area contributed by atoms with Crippen molar-refractivity contribution in [3.05, 3.63) is 74.3 Å². The number of benzene rings is 2. The number of halogens is 2. The van der Waals surface area contributed by atoms with Crippen molar-refractivity contribution in [1.29, 1.82) is 0 Å². The van der Waals surface area contributed by atoms with Crippen LogP contribution in [0.5, 0.6) is 5.75 Å². The first kappa shape index (κ1) is 20.4. The van der Waals surface area contributed by atoms with Gasteiger partial charge in [-0.25, -0.2) is 0 Å². The third-order valence-electron chi connectivity index (χ3n) is 3.72. The predicted octanol–water partition coefficient (Wildman–Crippen LogP) is 5.82. The molecule has 0 radical (unpaired) electrons. The number of carbonyl (C=O) groups excluding carboxylic acids is 2. The highest BCUT2D eigenvalue weighted by Crippen LogP contribution is 2.29. The van der Waals surface area contributed by atoms with Crippen molar-refractivity contribution in [3.63, 3.8) is 0 Å². The summed E-state index contributed by atoms with van der Waals surface area (Å²) < 4.78 is 6.35. The van der Waals surface area contributed by atoms with Crippen LogP contribution in [-0.4, -0.2) is 17.9 Å². The lowest BCUT2D eigenvalue weighted by atomic mass is 10.2. The summed E-state index contributed by atoms with van der Waals surface area (Å²) in [5.41, 5.74) is 1.25. The van der Waals surface area contributed by atoms with Gasteiger partial charge in [-0.15, -0.1) is 11.3 Å². The van der Waals surface area contributed by atoms with Gasteiger partial charge in [0.05, 0.1) is 9.35 Å². The lowest BCUT2D eigenvalue weighted by Gasteiger charge is -2.16. The fourth-order valence-electron chi connectivity index (χ4n) is 2.30. The fraction of sp³-hybridized carbons (Fsp3) is 0.100. The normalized spacial score (nSPS) is 11.5. The predicted molar refractivity (Wildman–Crippen MR) is 117 cm³/mol. The first-order chi connectivity index (χ1) is 13.4. The third-order valence-corrected chi connectivity index (χ3v) is 5.45. The van der Waals surface area contributed by atoms with Crippen LogP contribution >= 0.6 is 38.9 Å². The van der Waals surface area contributed by atoms with Gasteiger partial charge in [-0.2, -0.15) is 0 Å². The van der Waals surface area contributed by atoms with Crippen LogP contribution in [0.3, 0.4) is 0 Å². The summed E-state index contributed by atoms with van der Waals surface area (Å²) in [5.74, 6) is 0.0678. The second-order valence-corrected chi connectivity index (χ2v) is 8.07. The zero-order chi connectivity index (χ0) is 20.1. The molecule has 1 atom stereocenters. The van der Waals surface area contributed by atoms with Crippen molar-refractivity contribution in [2.45, 2.75) is 13.0 Å². The Morgan fingerprint density at radius 3 is 2.36 bits per heavy atom. The molecule has 2 aromatic carbocycles. The lowest BCUT2D eigenvalue weighted by Crippen LogP contribution is -2.30. The number of hydrogen-bond donors (Lipinski definition) is 2.